The summed E-state index contributed by atoms with van der Waals surface area (Å²) in [6, 6.07) is 57.5. The lowest BCUT2D eigenvalue weighted by Crippen LogP contribution is -1.96. The summed E-state index contributed by atoms with van der Waals surface area (Å²) >= 11 is 0. The Morgan fingerprint density at radius 2 is 1.00 bits per heavy atom. The number of nitriles is 1. The second-order valence-corrected chi connectivity index (χ2v) is 11.7. The van der Waals surface area contributed by atoms with Gasteiger partial charge < -0.3 is 8.98 Å². The van der Waals surface area contributed by atoms with Gasteiger partial charge in [-0.25, -0.2) is 0 Å². The van der Waals surface area contributed by atoms with Crippen LogP contribution >= 0.6 is 0 Å². The van der Waals surface area contributed by atoms with E-state index in [0.29, 0.717) is 5.56 Å². The average molecular weight is 587 g/mol. The highest BCUT2D eigenvalue weighted by atomic mass is 16.3. The number of hydrogen-bond donors (Lipinski definition) is 0. The Labute approximate surface area is 265 Å². The fourth-order valence-corrected chi connectivity index (χ4v) is 6.88. The van der Waals surface area contributed by atoms with Gasteiger partial charge >= 0.3 is 0 Å². The van der Waals surface area contributed by atoms with E-state index < -0.39 is 0 Å². The molecule has 0 saturated carbocycles. The Kier molecular flexibility index (Phi) is 5.88. The second-order valence-electron chi connectivity index (χ2n) is 11.7. The van der Waals surface area contributed by atoms with Gasteiger partial charge in [-0.1, -0.05) is 97.1 Å². The predicted octanol–water partition coefficient (Wildman–Crippen LogP) is 11.6. The van der Waals surface area contributed by atoms with E-state index in [4.69, 9.17) is 4.42 Å². The monoisotopic (exact) mass is 586 g/mol. The Hall–Kier alpha value is -6.37. The molecule has 46 heavy (non-hydrogen) atoms. The maximum absolute atomic E-state index is 9.39. The van der Waals surface area contributed by atoms with Crippen molar-refractivity contribution >= 4 is 43.7 Å². The van der Waals surface area contributed by atoms with Gasteiger partial charge in [-0.2, -0.15) is 5.26 Å². The Morgan fingerprint density at radius 1 is 0.435 bits per heavy atom. The summed E-state index contributed by atoms with van der Waals surface area (Å²) in [5.74, 6) is 0. The molecule has 0 aliphatic rings. The molecule has 9 rings (SSSR count). The van der Waals surface area contributed by atoms with Crippen molar-refractivity contribution in [3.63, 3.8) is 0 Å². The summed E-state index contributed by atoms with van der Waals surface area (Å²) in [4.78, 5) is 0. The Morgan fingerprint density at radius 3 is 1.72 bits per heavy atom. The summed E-state index contributed by atoms with van der Waals surface area (Å²) in [5.41, 5.74) is 12.5. The van der Waals surface area contributed by atoms with Crippen molar-refractivity contribution in [1.29, 1.82) is 5.26 Å². The quantitative estimate of drug-likeness (QED) is 0.206. The molecule has 0 amide bonds. The van der Waals surface area contributed by atoms with E-state index in [1.807, 2.05) is 36.4 Å². The van der Waals surface area contributed by atoms with Gasteiger partial charge in [0, 0.05) is 27.2 Å². The van der Waals surface area contributed by atoms with Gasteiger partial charge in [0.1, 0.15) is 11.2 Å². The number of aromatic nitrogens is 1. The van der Waals surface area contributed by atoms with Crippen LogP contribution in [0.3, 0.4) is 0 Å². The number of benzene rings is 7. The smallest absolute Gasteiger partial charge is 0.135 e. The molecule has 0 unspecified atom stereocenters. The maximum atomic E-state index is 9.39. The lowest BCUT2D eigenvalue weighted by molar-refractivity contribution is 0.669. The fraction of sp³-hybridized carbons (Fsp3) is 0. The molecular formula is C43H26N2O. The van der Waals surface area contributed by atoms with Crippen molar-refractivity contribution < 1.29 is 4.42 Å². The average Bonchev–Trinajstić information content (AvgIpc) is 3.67. The molecule has 0 atom stereocenters. The van der Waals surface area contributed by atoms with Crippen LogP contribution in [0.5, 0.6) is 0 Å². The number of nitrogens with zero attached hydrogens (tertiary/aromatic N) is 2. The maximum Gasteiger partial charge on any atom is 0.135 e. The summed E-state index contributed by atoms with van der Waals surface area (Å²) in [7, 11) is 0. The molecule has 0 fully saturated rings. The zero-order valence-corrected chi connectivity index (χ0v) is 24.8. The fourth-order valence-electron chi connectivity index (χ4n) is 6.88. The molecular weight excluding hydrogens is 560 g/mol. The molecule has 7 aromatic carbocycles. The minimum absolute atomic E-state index is 0.652. The van der Waals surface area contributed by atoms with E-state index in [0.717, 1.165) is 61.0 Å². The van der Waals surface area contributed by atoms with Gasteiger partial charge in [0.25, 0.3) is 0 Å². The van der Waals surface area contributed by atoms with E-state index in [-0.39, 0.29) is 0 Å². The molecule has 0 saturated heterocycles. The molecule has 0 aliphatic carbocycles. The van der Waals surface area contributed by atoms with E-state index in [1.54, 1.807) is 0 Å². The first-order chi connectivity index (χ1) is 22.7. The first-order valence-electron chi connectivity index (χ1n) is 15.4. The van der Waals surface area contributed by atoms with E-state index in [2.05, 4.69) is 132 Å². The zero-order valence-electron chi connectivity index (χ0n) is 24.8. The normalized spacial score (nSPS) is 11.5. The third-order valence-electron chi connectivity index (χ3n) is 9.03. The highest BCUT2D eigenvalue weighted by Gasteiger charge is 2.16. The topological polar surface area (TPSA) is 41.9 Å². The molecule has 9 aromatic rings. The van der Waals surface area contributed by atoms with Crippen molar-refractivity contribution in [3.05, 3.63) is 163 Å². The molecule has 3 nitrogen and oxygen atoms in total. The molecule has 2 heterocycles. The van der Waals surface area contributed by atoms with Crippen LogP contribution in [0.25, 0.3) is 82.8 Å². The lowest BCUT2D eigenvalue weighted by Gasteiger charge is -2.16. The van der Waals surface area contributed by atoms with Crippen LogP contribution < -0.4 is 0 Å². The lowest BCUT2D eigenvalue weighted by atomic mass is 9.91. The van der Waals surface area contributed by atoms with Crippen LogP contribution in [0.2, 0.25) is 0 Å². The third kappa shape index (κ3) is 4.13. The SMILES string of the molecule is N#Cc1ccc(-c2ccccc2-c2cc(-c3ccc4oc5ccccc5c4c3)cc(-n3c4ccccc4c4ccccc43)c2)cc1. The third-order valence-corrected chi connectivity index (χ3v) is 9.03. The zero-order chi connectivity index (χ0) is 30.6. The number of hydrogen-bond acceptors (Lipinski definition) is 2. The van der Waals surface area contributed by atoms with E-state index >= 15 is 0 Å². The van der Waals surface area contributed by atoms with Crippen molar-refractivity contribution in [1.82, 2.24) is 4.57 Å². The van der Waals surface area contributed by atoms with Crippen LogP contribution in [0.1, 0.15) is 5.56 Å². The summed E-state index contributed by atoms with van der Waals surface area (Å²) in [6.07, 6.45) is 0. The molecule has 0 N–H and O–H groups in total. The second kappa shape index (κ2) is 10.4. The van der Waals surface area contributed by atoms with Crippen molar-refractivity contribution in [3.8, 4) is 45.1 Å². The van der Waals surface area contributed by atoms with Gasteiger partial charge in [-0.15, -0.1) is 0 Å². The largest absolute Gasteiger partial charge is 0.456 e. The number of rotatable bonds is 4. The Balaban J connectivity index is 1.33. The molecule has 0 aliphatic heterocycles. The van der Waals surface area contributed by atoms with Crippen molar-refractivity contribution in [2.45, 2.75) is 0 Å². The van der Waals surface area contributed by atoms with E-state index in [1.165, 1.54) is 21.8 Å². The van der Waals surface area contributed by atoms with E-state index in [9.17, 15) is 5.26 Å². The highest BCUT2D eigenvalue weighted by molar-refractivity contribution is 6.10. The molecule has 2 aromatic heterocycles. The number of furan rings is 1. The van der Waals surface area contributed by atoms with Crippen LogP contribution in [-0.4, -0.2) is 4.57 Å². The first-order valence-corrected chi connectivity index (χ1v) is 15.4. The summed E-state index contributed by atoms with van der Waals surface area (Å²) in [6.45, 7) is 0. The van der Waals surface area contributed by atoms with Crippen LogP contribution in [0.15, 0.2) is 162 Å². The van der Waals surface area contributed by atoms with Gasteiger partial charge in [-0.3, -0.25) is 0 Å². The van der Waals surface area contributed by atoms with Gasteiger partial charge in [0.2, 0.25) is 0 Å². The minimum Gasteiger partial charge on any atom is -0.456 e. The summed E-state index contributed by atoms with van der Waals surface area (Å²) in [5, 5.41) is 14.1. The van der Waals surface area contributed by atoms with Gasteiger partial charge in [0.15, 0.2) is 0 Å². The minimum atomic E-state index is 0.652. The van der Waals surface area contributed by atoms with Gasteiger partial charge in [-0.05, 0) is 94.0 Å². The Bertz CT molecular complexity index is 2600. The molecule has 214 valence electrons. The molecule has 0 radical (unpaired) electrons. The predicted molar refractivity (Wildman–Crippen MR) is 189 cm³/mol. The number of fused-ring (bicyclic) bond motifs is 6. The number of para-hydroxylation sites is 3. The summed E-state index contributed by atoms with van der Waals surface area (Å²) < 4.78 is 8.56. The molecule has 3 heteroatoms. The van der Waals surface area contributed by atoms with Crippen LogP contribution in [-0.2, 0) is 0 Å². The van der Waals surface area contributed by atoms with Crippen LogP contribution in [0.4, 0.5) is 0 Å². The first kappa shape index (κ1) is 26.1. The van der Waals surface area contributed by atoms with Crippen molar-refractivity contribution in [2.24, 2.45) is 0 Å². The standard InChI is InChI=1S/C43H26N2O/c44-27-28-17-19-29(20-18-28)34-9-1-2-10-35(34)32-23-31(30-21-22-43-39(26-30)38-13-5-8-16-42(38)46-43)24-33(25-32)45-40-14-6-3-11-36(40)37-12-4-7-15-41(37)45/h1-26H. The van der Waals surface area contributed by atoms with Crippen molar-refractivity contribution in [2.75, 3.05) is 0 Å². The van der Waals surface area contributed by atoms with Crippen LogP contribution in [0, 0.1) is 11.3 Å². The van der Waals surface area contributed by atoms with Gasteiger partial charge in [0.05, 0.1) is 22.7 Å². The highest BCUT2D eigenvalue weighted by Crippen LogP contribution is 2.40. The molecule has 0 spiro atoms. The molecule has 0 bridgehead atoms.